The number of benzene rings is 2. The maximum atomic E-state index is 9.02. The summed E-state index contributed by atoms with van der Waals surface area (Å²) in [6, 6.07) is 18.6. The Bertz CT molecular complexity index is 453. The van der Waals surface area contributed by atoms with Crippen molar-refractivity contribution in [1.29, 1.82) is 0 Å². The van der Waals surface area contributed by atoms with Gasteiger partial charge in [0.05, 0.1) is 0 Å². The molecule has 0 radical (unpaired) electrons. The maximum Gasteiger partial charge on any atom is 0.241 e. The molecule has 0 saturated carbocycles. The fourth-order valence-electron chi connectivity index (χ4n) is 1.41. The van der Waals surface area contributed by atoms with Gasteiger partial charge in [-0.25, -0.2) is 0 Å². The van der Waals surface area contributed by atoms with Crippen LogP contribution < -0.4 is 0 Å². The number of halogens is 2. The Morgan fingerprint density at radius 2 is 1.32 bits per heavy atom. The molecule has 0 saturated heterocycles. The molecule has 19 heavy (non-hydrogen) atoms. The van der Waals surface area contributed by atoms with Crippen molar-refractivity contribution < 1.29 is 10.2 Å². The number of aliphatic hydroxyl groups excluding tert-OH is 1. The molecule has 0 unspecified atom stereocenters. The number of alkyl halides is 2. The van der Waals surface area contributed by atoms with Gasteiger partial charge >= 0.3 is 0 Å². The minimum atomic E-state index is -1.76. The minimum Gasteiger partial charge on any atom is -0.396 e. The van der Waals surface area contributed by atoms with Crippen LogP contribution in [0.15, 0.2) is 60.7 Å². The molecule has 0 aliphatic rings. The topological polar surface area (TPSA) is 40.5 Å². The molecule has 102 valence electrons. The van der Waals surface area contributed by atoms with Gasteiger partial charge in [-0.3, -0.25) is 0 Å². The molecule has 4 heteroatoms. The van der Waals surface area contributed by atoms with Crippen LogP contribution in [0.5, 0.6) is 0 Å². The third kappa shape index (κ3) is 6.60. The predicted octanol–water partition coefficient (Wildman–Crippen LogP) is 3.49. The van der Waals surface area contributed by atoms with Crippen LogP contribution in [0.3, 0.4) is 0 Å². The molecule has 2 aromatic carbocycles. The third-order valence-electron chi connectivity index (χ3n) is 2.36. The summed E-state index contributed by atoms with van der Waals surface area (Å²) in [6.45, 7) is 0.240. The van der Waals surface area contributed by atoms with Gasteiger partial charge in [0.2, 0.25) is 4.52 Å². The normalized spacial score (nSPS) is 10.5. The monoisotopic (exact) mass is 298 g/mol. The average Bonchev–Trinajstić information content (AvgIpc) is 2.41. The van der Waals surface area contributed by atoms with Crippen molar-refractivity contribution in [2.45, 2.75) is 10.9 Å². The van der Waals surface area contributed by atoms with E-state index in [1.165, 1.54) is 5.56 Å². The van der Waals surface area contributed by atoms with Gasteiger partial charge in [-0.15, -0.1) is 0 Å². The molecule has 2 N–H and O–H groups in total. The first kappa shape index (κ1) is 16.0. The Morgan fingerprint density at radius 1 is 0.842 bits per heavy atom. The van der Waals surface area contributed by atoms with E-state index >= 15 is 0 Å². The SMILES string of the molecule is OC(Cl)(Cl)c1ccccc1.OCCc1ccccc1. The predicted molar refractivity (Wildman–Crippen MR) is 79.3 cm³/mol. The molecule has 0 fully saturated rings. The van der Waals surface area contributed by atoms with Gasteiger partial charge in [-0.2, -0.15) is 0 Å². The zero-order valence-corrected chi connectivity index (χ0v) is 11.8. The van der Waals surface area contributed by atoms with Crippen LogP contribution in [0, 0.1) is 0 Å². The molecule has 2 rings (SSSR count). The highest BCUT2D eigenvalue weighted by atomic mass is 35.5. The summed E-state index contributed by atoms with van der Waals surface area (Å²) in [6.07, 6.45) is 0.765. The van der Waals surface area contributed by atoms with Crippen molar-refractivity contribution in [3.63, 3.8) is 0 Å². The molecule has 0 aromatic heterocycles. The molecular weight excluding hydrogens is 283 g/mol. The summed E-state index contributed by atoms with van der Waals surface area (Å²) < 4.78 is -1.76. The Hall–Kier alpha value is -1.06. The minimum absolute atomic E-state index is 0.240. The fraction of sp³-hybridized carbons (Fsp3) is 0.200. The van der Waals surface area contributed by atoms with E-state index in [9.17, 15) is 0 Å². The lowest BCUT2D eigenvalue weighted by Crippen LogP contribution is -2.07. The summed E-state index contributed by atoms with van der Waals surface area (Å²) in [5.41, 5.74) is 1.68. The lowest BCUT2D eigenvalue weighted by molar-refractivity contribution is 0.218. The Balaban J connectivity index is 0.000000191. The first-order valence-corrected chi connectivity index (χ1v) is 6.60. The van der Waals surface area contributed by atoms with Crippen LogP contribution in [0.4, 0.5) is 0 Å². The van der Waals surface area contributed by atoms with Crippen molar-refractivity contribution in [3.05, 3.63) is 71.8 Å². The third-order valence-corrected chi connectivity index (χ3v) is 2.80. The molecule has 0 atom stereocenters. The second kappa shape index (κ2) is 8.18. The van der Waals surface area contributed by atoms with Crippen molar-refractivity contribution in [2.75, 3.05) is 6.61 Å². The van der Waals surface area contributed by atoms with Gasteiger partial charge in [0.25, 0.3) is 0 Å². The number of hydrogen-bond acceptors (Lipinski definition) is 2. The summed E-state index contributed by atoms with van der Waals surface area (Å²) >= 11 is 10.8. The molecular formula is C15H16Cl2O2. The molecule has 0 aliphatic heterocycles. The lowest BCUT2D eigenvalue weighted by Gasteiger charge is -2.10. The van der Waals surface area contributed by atoms with Crippen molar-refractivity contribution in [3.8, 4) is 0 Å². The van der Waals surface area contributed by atoms with Gasteiger partial charge in [-0.1, -0.05) is 83.9 Å². The molecule has 0 aliphatic carbocycles. The highest BCUT2D eigenvalue weighted by molar-refractivity contribution is 6.46. The second-order valence-electron chi connectivity index (χ2n) is 3.87. The summed E-state index contributed by atoms with van der Waals surface area (Å²) in [7, 11) is 0. The first-order chi connectivity index (χ1) is 9.04. The van der Waals surface area contributed by atoms with Gasteiger partial charge in [0, 0.05) is 12.2 Å². The fourth-order valence-corrected chi connectivity index (χ4v) is 1.66. The Labute approximate surface area is 123 Å². The first-order valence-electron chi connectivity index (χ1n) is 5.84. The van der Waals surface area contributed by atoms with E-state index in [2.05, 4.69) is 0 Å². The standard InChI is InChI=1S/C8H10O.C7H6Cl2O/c9-7-6-8-4-2-1-3-5-8;8-7(9,10)6-4-2-1-3-5-6/h1-5,9H,6-7H2;1-5,10H. The van der Waals surface area contributed by atoms with E-state index in [0.29, 0.717) is 5.56 Å². The molecule has 0 spiro atoms. The smallest absolute Gasteiger partial charge is 0.241 e. The van der Waals surface area contributed by atoms with Crippen LogP contribution in [-0.2, 0) is 10.9 Å². The van der Waals surface area contributed by atoms with Crippen LogP contribution >= 0.6 is 23.2 Å². The zero-order valence-electron chi connectivity index (χ0n) is 10.3. The quantitative estimate of drug-likeness (QED) is 0.852. The van der Waals surface area contributed by atoms with Crippen LogP contribution in [-0.4, -0.2) is 16.8 Å². The van der Waals surface area contributed by atoms with E-state index in [4.69, 9.17) is 33.4 Å². The number of aliphatic hydroxyl groups is 2. The molecule has 0 heterocycles. The lowest BCUT2D eigenvalue weighted by atomic mass is 10.2. The Kier molecular flexibility index (Phi) is 6.89. The van der Waals surface area contributed by atoms with E-state index in [1.54, 1.807) is 24.3 Å². The summed E-state index contributed by atoms with van der Waals surface area (Å²) in [5, 5.41) is 17.5. The zero-order chi connectivity index (χ0) is 14.1. The highest BCUT2D eigenvalue weighted by Crippen LogP contribution is 2.29. The highest BCUT2D eigenvalue weighted by Gasteiger charge is 2.20. The van der Waals surface area contributed by atoms with E-state index in [1.807, 2.05) is 36.4 Å². The van der Waals surface area contributed by atoms with Crippen molar-refractivity contribution in [1.82, 2.24) is 0 Å². The van der Waals surface area contributed by atoms with E-state index in [-0.39, 0.29) is 6.61 Å². The number of rotatable bonds is 3. The van der Waals surface area contributed by atoms with E-state index < -0.39 is 4.52 Å². The average molecular weight is 299 g/mol. The molecule has 2 nitrogen and oxygen atoms in total. The van der Waals surface area contributed by atoms with Gasteiger partial charge < -0.3 is 10.2 Å². The second-order valence-corrected chi connectivity index (χ2v) is 5.15. The van der Waals surface area contributed by atoms with Crippen molar-refractivity contribution >= 4 is 23.2 Å². The van der Waals surface area contributed by atoms with E-state index in [0.717, 1.165) is 6.42 Å². The van der Waals surface area contributed by atoms with Gasteiger partial charge in [0.1, 0.15) is 0 Å². The largest absolute Gasteiger partial charge is 0.396 e. The van der Waals surface area contributed by atoms with Gasteiger partial charge in [-0.05, 0) is 12.0 Å². The Morgan fingerprint density at radius 3 is 1.68 bits per heavy atom. The molecule has 0 amide bonds. The number of hydrogen-bond donors (Lipinski definition) is 2. The molecule has 2 aromatic rings. The van der Waals surface area contributed by atoms with Crippen molar-refractivity contribution in [2.24, 2.45) is 0 Å². The summed E-state index contributed by atoms with van der Waals surface area (Å²) in [5.74, 6) is 0. The molecule has 0 bridgehead atoms. The maximum absolute atomic E-state index is 9.02. The van der Waals surface area contributed by atoms with Gasteiger partial charge in [0.15, 0.2) is 0 Å². The van der Waals surface area contributed by atoms with Crippen LogP contribution in [0.2, 0.25) is 0 Å². The van der Waals surface area contributed by atoms with Crippen LogP contribution in [0.25, 0.3) is 0 Å². The van der Waals surface area contributed by atoms with Crippen LogP contribution in [0.1, 0.15) is 11.1 Å². The summed E-state index contributed by atoms with van der Waals surface area (Å²) in [4.78, 5) is 0.